The number of nitrogens with one attached hydrogen (secondary N) is 1. The first-order valence-electron chi connectivity index (χ1n) is 6.65. The number of hydrogen-bond acceptors (Lipinski definition) is 2. The fourth-order valence-corrected chi connectivity index (χ4v) is 3.53. The molecule has 3 nitrogen and oxygen atoms in total. The van der Waals surface area contributed by atoms with Crippen molar-refractivity contribution in [2.75, 3.05) is 13.1 Å². The first kappa shape index (κ1) is 15.7. The van der Waals surface area contributed by atoms with Crippen LogP contribution in [0.1, 0.15) is 29.6 Å². The zero-order valence-corrected chi connectivity index (χ0v) is 13.3. The summed E-state index contributed by atoms with van der Waals surface area (Å²) >= 11 is 3.35. The Morgan fingerprint density at radius 3 is 2.85 bits per heavy atom. The maximum Gasteiger partial charge on any atom is 0.255 e. The average Bonchev–Trinajstić information content (AvgIpc) is 2.65. The van der Waals surface area contributed by atoms with E-state index in [9.17, 15) is 9.18 Å². The van der Waals surface area contributed by atoms with Crippen molar-refractivity contribution in [1.82, 2.24) is 10.2 Å². The number of carbonyl (C=O) groups excluding carboxylic acids is 1. The molecule has 0 saturated carbocycles. The van der Waals surface area contributed by atoms with Crippen molar-refractivity contribution in [3.63, 3.8) is 0 Å². The molecule has 1 aromatic carbocycles. The molecule has 0 aromatic heterocycles. The number of rotatable bonds is 1. The second-order valence-electron chi connectivity index (χ2n) is 5.21. The van der Waals surface area contributed by atoms with Crippen LogP contribution in [-0.4, -0.2) is 36.0 Å². The molecule has 2 saturated heterocycles. The molecule has 2 aliphatic rings. The average molecular weight is 364 g/mol. The van der Waals surface area contributed by atoms with E-state index in [1.807, 2.05) is 4.90 Å². The lowest BCUT2D eigenvalue weighted by atomic mass is 10.1. The van der Waals surface area contributed by atoms with Gasteiger partial charge in [-0.15, -0.1) is 12.4 Å². The van der Waals surface area contributed by atoms with Gasteiger partial charge in [-0.2, -0.15) is 0 Å². The summed E-state index contributed by atoms with van der Waals surface area (Å²) in [4.78, 5) is 14.6. The van der Waals surface area contributed by atoms with Crippen LogP contribution < -0.4 is 5.32 Å². The molecular formula is C14H17BrClFN2O. The number of benzene rings is 1. The van der Waals surface area contributed by atoms with Gasteiger partial charge in [0.1, 0.15) is 5.82 Å². The molecule has 0 radical (unpaired) electrons. The lowest BCUT2D eigenvalue weighted by Crippen LogP contribution is -2.42. The summed E-state index contributed by atoms with van der Waals surface area (Å²) in [6.07, 6.45) is 3.08. The molecular weight excluding hydrogens is 347 g/mol. The summed E-state index contributed by atoms with van der Waals surface area (Å²) in [5.41, 5.74) is 0.429. The third-order valence-corrected chi connectivity index (χ3v) is 4.74. The summed E-state index contributed by atoms with van der Waals surface area (Å²) < 4.78 is 14.0. The van der Waals surface area contributed by atoms with Crippen molar-refractivity contribution >= 4 is 34.2 Å². The van der Waals surface area contributed by atoms with Crippen molar-refractivity contribution in [3.8, 4) is 0 Å². The first-order valence-corrected chi connectivity index (χ1v) is 7.44. The molecule has 2 bridgehead atoms. The molecule has 2 heterocycles. The predicted molar refractivity (Wildman–Crippen MR) is 81.8 cm³/mol. The summed E-state index contributed by atoms with van der Waals surface area (Å²) in [5, 5.41) is 3.36. The van der Waals surface area contributed by atoms with E-state index in [1.54, 1.807) is 6.07 Å². The zero-order chi connectivity index (χ0) is 13.4. The number of amides is 1. The van der Waals surface area contributed by atoms with Crippen LogP contribution in [0.5, 0.6) is 0 Å². The molecule has 0 spiro atoms. The third kappa shape index (κ3) is 2.85. The zero-order valence-electron chi connectivity index (χ0n) is 10.9. The molecule has 2 unspecified atom stereocenters. The summed E-state index contributed by atoms with van der Waals surface area (Å²) in [6, 6.07) is 4.82. The van der Waals surface area contributed by atoms with Crippen LogP contribution in [0, 0.1) is 5.82 Å². The van der Waals surface area contributed by atoms with Crippen molar-refractivity contribution in [2.45, 2.75) is 31.3 Å². The fraction of sp³-hybridized carbons (Fsp3) is 0.500. The molecule has 110 valence electrons. The van der Waals surface area contributed by atoms with Crippen LogP contribution >= 0.6 is 28.3 Å². The van der Waals surface area contributed by atoms with Gasteiger partial charge in [-0.3, -0.25) is 4.79 Å². The van der Waals surface area contributed by atoms with Crippen molar-refractivity contribution in [2.24, 2.45) is 0 Å². The third-order valence-electron chi connectivity index (χ3n) is 4.05. The van der Waals surface area contributed by atoms with Gasteiger partial charge in [0.25, 0.3) is 5.91 Å². The van der Waals surface area contributed by atoms with Gasteiger partial charge >= 0.3 is 0 Å². The molecule has 2 aliphatic heterocycles. The van der Waals surface area contributed by atoms with Crippen molar-refractivity contribution < 1.29 is 9.18 Å². The Morgan fingerprint density at radius 2 is 2.05 bits per heavy atom. The highest BCUT2D eigenvalue weighted by Crippen LogP contribution is 2.31. The second kappa shape index (κ2) is 6.41. The molecule has 0 aliphatic carbocycles. The number of fused-ring (bicyclic) bond motifs is 2. The standard InChI is InChI=1S/C14H16BrFN2O.ClH/c15-13-4-1-9(16)7-12(13)14(19)18-10-2-3-11(18)8-17-6-5-10;/h1,4,7,10-11,17H,2-3,5-6,8H2;1H. The molecule has 1 amide bonds. The van der Waals surface area contributed by atoms with Gasteiger partial charge in [-0.05, 0) is 59.9 Å². The number of nitrogens with zero attached hydrogens (tertiary/aromatic N) is 1. The van der Waals surface area contributed by atoms with Gasteiger partial charge < -0.3 is 10.2 Å². The lowest BCUT2D eigenvalue weighted by molar-refractivity contribution is 0.0679. The Labute approximate surface area is 132 Å². The van der Waals surface area contributed by atoms with Gasteiger partial charge in [0.2, 0.25) is 0 Å². The number of hydrogen-bond donors (Lipinski definition) is 1. The van der Waals surface area contributed by atoms with Crippen LogP contribution in [0.2, 0.25) is 0 Å². The highest BCUT2D eigenvalue weighted by molar-refractivity contribution is 9.10. The predicted octanol–water partition coefficient (Wildman–Crippen LogP) is 2.98. The summed E-state index contributed by atoms with van der Waals surface area (Å²) in [6.45, 7) is 1.80. The maximum absolute atomic E-state index is 13.4. The van der Waals surface area contributed by atoms with Gasteiger partial charge in [-0.1, -0.05) is 0 Å². The topological polar surface area (TPSA) is 32.3 Å². The van der Waals surface area contributed by atoms with E-state index >= 15 is 0 Å². The Balaban J connectivity index is 0.00000147. The van der Waals surface area contributed by atoms with E-state index < -0.39 is 0 Å². The number of halogens is 3. The molecule has 2 atom stereocenters. The summed E-state index contributed by atoms with van der Waals surface area (Å²) in [5.74, 6) is -0.422. The monoisotopic (exact) mass is 362 g/mol. The minimum Gasteiger partial charge on any atom is -0.331 e. The van der Waals surface area contributed by atoms with E-state index in [2.05, 4.69) is 21.2 Å². The van der Waals surface area contributed by atoms with E-state index in [4.69, 9.17) is 0 Å². The normalized spacial score (nSPS) is 25.0. The van der Waals surface area contributed by atoms with Crippen LogP contribution in [0.15, 0.2) is 22.7 Å². The maximum atomic E-state index is 13.4. The molecule has 1 aromatic rings. The van der Waals surface area contributed by atoms with Gasteiger partial charge in [-0.25, -0.2) is 4.39 Å². The fourth-order valence-electron chi connectivity index (χ4n) is 3.11. The van der Waals surface area contributed by atoms with Gasteiger partial charge in [0, 0.05) is 23.1 Å². The van der Waals surface area contributed by atoms with Crippen molar-refractivity contribution in [3.05, 3.63) is 34.1 Å². The van der Waals surface area contributed by atoms with Crippen molar-refractivity contribution in [1.29, 1.82) is 0 Å². The largest absolute Gasteiger partial charge is 0.331 e. The van der Waals surface area contributed by atoms with E-state index in [-0.39, 0.29) is 30.2 Å². The molecule has 6 heteroatoms. The second-order valence-corrected chi connectivity index (χ2v) is 6.07. The molecule has 3 rings (SSSR count). The quantitative estimate of drug-likeness (QED) is 0.832. The Morgan fingerprint density at radius 1 is 1.30 bits per heavy atom. The van der Waals surface area contributed by atoms with Crippen LogP contribution in [0.25, 0.3) is 0 Å². The van der Waals surface area contributed by atoms with Crippen LogP contribution in [-0.2, 0) is 0 Å². The molecule has 2 fully saturated rings. The first-order chi connectivity index (χ1) is 9.16. The number of carbonyl (C=O) groups is 1. The van der Waals surface area contributed by atoms with Gasteiger partial charge in [0.05, 0.1) is 5.56 Å². The Hall–Kier alpha value is -0.650. The van der Waals surface area contributed by atoms with Crippen LogP contribution in [0.4, 0.5) is 4.39 Å². The highest BCUT2D eigenvalue weighted by Gasteiger charge is 2.38. The highest BCUT2D eigenvalue weighted by atomic mass is 79.9. The smallest absolute Gasteiger partial charge is 0.255 e. The SMILES string of the molecule is Cl.O=C(c1cc(F)ccc1Br)N1C2CCNCC1CC2. The summed E-state index contributed by atoms with van der Waals surface area (Å²) in [7, 11) is 0. The minimum atomic E-state index is -0.369. The van der Waals surface area contributed by atoms with Gasteiger partial charge in [0.15, 0.2) is 0 Å². The Bertz CT molecular complexity index is 500. The molecule has 1 N–H and O–H groups in total. The minimum absolute atomic E-state index is 0. The Kier molecular flexibility index (Phi) is 5.04. The van der Waals surface area contributed by atoms with Crippen LogP contribution in [0.3, 0.4) is 0 Å². The van der Waals surface area contributed by atoms with E-state index in [1.165, 1.54) is 12.1 Å². The lowest BCUT2D eigenvalue weighted by Gasteiger charge is -2.28. The molecule has 20 heavy (non-hydrogen) atoms. The van der Waals surface area contributed by atoms with E-state index in [0.717, 1.165) is 32.4 Å². The van der Waals surface area contributed by atoms with E-state index in [0.29, 0.717) is 16.1 Å².